The molecule has 2 aliphatic heterocycles. The molecular formula is C25H30FN5O6. The van der Waals surface area contributed by atoms with Crippen LogP contribution >= 0.6 is 0 Å². The number of fused-ring (bicyclic) bond motifs is 1. The van der Waals surface area contributed by atoms with Gasteiger partial charge in [0.05, 0.1) is 54.0 Å². The molecule has 0 unspecified atom stereocenters. The lowest BCUT2D eigenvalue weighted by atomic mass is 9.75. The third-order valence-corrected chi connectivity index (χ3v) is 7.57. The summed E-state index contributed by atoms with van der Waals surface area (Å²) in [6.45, 7) is 3.66. The first-order valence-electron chi connectivity index (χ1n) is 12.2. The van der Waals surface area contributed by atoms with Crippen LogP contribution in [0, 0.1) is 5.82 Å². The summed E-state index contributed by atoms with van der Waals surface area (Å²) in [6, 6.07) is 4.61. The first kappa shape index (κ1) is 25.3. The molecule has 2 aliphatic rings. The molecule has 0 radical (unpaired) electrons. The second kappa shape index (κ2) is 9.51. The highest BCUT2D eigenvalue weighted by Crippen LogP contribution is 2.43. The molecule has 2 fully saturated rings. The number of rotatable bonds is 5. The van der Waals surface area contributed by atoms with Gasteiger partial charge in [-0.1, -0.05) is 0 Å². The molecular weight excluding hydrogens is 485 g/mol. The second-order valence-electron chi connectivity index (χ2n) is 10.1. The van der Waals surface area contributed by atoms with E-state index in [0.29, 0.717) is 44.6 Å². The van der Waals surface area contributed by atoms with Crippen molar-refractivity contribution in [3.05, 3.63) is 62.9 Å². The highest BCUT2D eigenvalue weighted by molar-refractivity contribution is 5.97. The lowest BCUT2D eigenvalue weighted by molar-refractivity contribution is -0.195. The molecule has 1 spiro atoms. The van der Waals surface area contributed by atoms with E-state index in [1.165, 1.54) is 0 Å². The van der Waals surface area contributed by atoms with E-state index >= 15 is 0 Å². The van der Waals surface area contributed by atoms with E-state index in [1.807, 2.05) is 15.6 Å². The van der Waals surface area contributed by atoms with Crippen LogP contribution in [0.4, 0.5) is 4.39 Å². The van der Waals surface area contributed by atoms with Crippen molar-refractivity contribution in [2.45, 2.75) is 50.0 Å². The summed E-state index contributed by atoms with van der Waals surface area (Å²) in [5.41, 5.74) is -1.77. The van der Waals surface area contributed by atoms with Gasteiger partial charge in [0, 0.05) is 38.7 Å². The number of aromatic amines is 1. The van der Waals surface area contributed by atoms with E-state index in [1.54, 1.807) is 37.4 Å². The summed E-state index contributed by atoms with van der Waals surface area (Å²) in [5, 5.41) is 11.2. The number of likely N-dealkylation sites (tertiary alicyclic amines) is 1. The molecule has 37 heavy (non-hydrogen) atoms. The number of aromatic nitrogens is 4. The van der Waals surface area contributed by atoms with Gasteiger partial charge in [-0.05, 0) is 38.0 Å². The number of hydrogen-bond acceptors (Lipinski definition) is 7. The molecule has 11 nitrogen and oxygen atoms in total. The Morgan fingerprint density at radius 1 is 1.32 bits per heavy atom. The van der Waals surface area contributed by atoms with Crippen molar-refractivity contribution in [2.75, 3.05) is 33.4 Å². The minimum Gasteiger partial charge on any atom is -0.388 e. The highest BCUT2D eigenvalue weighted by atomic mass is 19.1. The van der Waals surface area contributed by atoms with Crippen molar-refractivity contribution in [1.82, 2.24) is 24.0 Å². The zero-order valence-corrected chi connectivity index (χ0v) is 20.8. The molecule has 2 saturated heterocycles. The van der Waals surface area contributed by atoms with Gasteiger partial charge in [-0.15, -0.1) is 0 Å². The van der Waals surface area contributed by atoms with Crippen LogP contribution in [0.2, 0.25) is 0 Å². The molecule has 0 bridgehead atoms. The van der Waals surface area contributed by atoms with E-state index in [0.717, 1.165) is 21.8 Å². The number of H-pyrrole nitrogens is 1. The maximum absolute atomic E-state index is 13.8. The number of halogens is 1. The molecule has 0 saturated carbocycles. The fourth-order valence-corrected chi connectivity index (χ4v) is 5.51. The van der Waals surface area contributed by atoms with Crippen molar-refractivity contribution in [1.29, 1.82) is 0 Å². The van der Waals surface area contributed by atoms with Gasteiger partial charge in [-0.2, -0.15) is 4.39 Å². The third kappa shape index (κ3) is 4.72. The Bertz CT molecular complexity index is 1440. The maximum atomic E-state index is 13.8. The third-order valence-electron chi connectivity index (χ3n) is 7.57. The largest absolute Gasteiger partial charge is 0.388 e. The monoisotopic (exact) mass is 515 g/mol. The number of piperidine rings is 1. The molecule has 1 aromatic carbocycles. The Hall–Kier alpha value is -3.35. The minimum atomic E-state index is -1.40. The van der Waals surface area contributed by atoms with Gasteiger partial charge in [-0.3, -0.25) is 19.1 Å². The van der Waals surface area contributed by atoms with Crippen LogP contribution in [-0.4, -0.2) is 79.6 Å². The first-order valence-corrected chi connectivity index (χ1v) is 12.2. The molecule has 198 valence electrons. The first-order chi connectivity index (χ1) is 17.6. The van der Waals surface area contributed by atoms with Crippen LogP contribution in [-0.2, 0) is 16.0 Å². The van der Waals surface area contributed by atoms with Crippen LogP contribution in [0.5, 0.6) is 0 Å². The second-order valence-corrected chi connectivity index (χ2v) is 10.1. The molecule has 2 N–H and O–H groups in total. The van der Waals surface area contributed by atoms with Crippen molar-refractivity contribution in [3.8, 4) is 0 Å². The number of ether oxygens (including phenoxy) is 2. The Morgan fingerprint density at radius 2 is 2.08 bits per heavy atom. The van der Waals surface area contributed by atoms with Gasteiger partial charge in [0.2, 0.25) is 5.82 Å². The molecule has 4 heterocycles. The number of nitrogens with zero attached hydrogens (tertiary/aromatic N) is 4. The predicted molar refractivity (Wildman–Crippen MR) is 131 cm³/mol. The van der Waals surface area contributed by atoms with Crippen LogP contribution in [0.3, 0.4) is 0 Å². The summed E-state index contributed by atoms with van der Waals surface area (Å²) in [7, 11) is 1.64. The van der Waals surface area contributed by atoms with E-state index < -0.39 is 34.3 Å². The van der Waals surface area contributed by atoms with Crippen LogP contribution in [0.1, 0.15) is 42.6 Å². The average Bonchev–Trinajstić information content (AvgIpc) is 3.27. The number of carbonyl (C=O) groups excluding carboxylic acids is 1. The van der Waals surface area contributed by atoms with Crippen molar-refractivity contribution < 1.29 is 23.8 Å². The molecule has 2 atom stereocenters. The number of hydrogen-bond donors (Lipinski definition) is 2. The van der Waals surface area contributed by atoms with Gasteiger partial charge in [0.25, 0.3) is 11.5 Å². The quantitative estimate of drug-likeness (QED) is 0.519. The summed E-state index contributed by atoms with van der Waals surface area (Å²) >= 11 is 0. The standard InChI is InChI=1S/C25H30FN5O6/c1-24(35)14-25(37-13-20(24)31-12-17(26)21(32)28-23(31)34)5-7-29(8-6-25)22(33)16-3-4-19-18(11-16)27-15-30(19)9-10-36-2/h3-4,11-12,15,20,35H,5-10,13-14H2,1-2H3,(H,28,32,34)/t20-,24-/m1/s1. The number of nitrogens with one attached hydrogen (secondary N) is 1. The Morgan fingerprint density at radius 3 is 2.78 bits per heavy atom. The van der Waals surface area contributed by atoms with Gasteiger partial charge >= 0.3 is 5.69 Å². The Labute approximate surface area is 211 Å². The fraction of sp³-hybridized carbons (Fsp3) is 0.520. The predicted octanol–water partition coefficient (Wildman–Crippen LogP) is 1.06. The average molecular weight is 516 g/mol. The Balaban J connectivity index is 1.26. The molecule has 3 aromatic rings. The van der Waals surface area contributed by atoms with Crippen LogP contribution in [0.15, 0.2) is 40.3 Å². The van der Waals surface area contributed by atoms with E-state index in [4.69, 9.17) is 9.47 Å². The van der Waals surface area contributed by atoms with Crippen molar-refractivity contribution >= 4 is 16.9 Å². The molecule has 5 rings (SSSR count). The minimum absolute atomic E-state index is 0.0330. The molecule has 12 heteroatoms. The smallest absolute Gasteiger partial charge is 0.328 e. The van der Waals surface area contributed by atoms with Crippen molar-refractivity contribution in [2.24, 2.45) is 0 Å². The van der Waals surface area contributed by atoms with Crippen LogP contribution < -0.4 is 11.2 Å². The number of methoxy groups -OCH3 is 1. The van der Waals surface area contributed by atoms with Crippen LogP contribution in [0.25, 0.3) is 11.0 Å². The Kier molecular flexibility index (Phi) is 6.50. The zero-order chi connectivity index (χ0) is 26.4. The SMILES string of the molecule is COCCn1cnc2cc(C(=O)N3CCC4(CC3)C[C@@](C)(O)[C@H](n3cc(F)c(=O)[nH]c3=O)CO4)ccc21. The maximum Gasteiger partial charge on any atom is 0.328 e. The fourth-order valence-electron chi connectivity index (χ4n) is 5.51. The van der Waals surface area contributed by atoms with E-state index in [2.05, 4.69) is 4.98 Å². The number of amides is 1. The van der Waals surface area contributed by atoms with Gasteiger partial charge in [0.15, 0.2) is 0 Å². The highest BCUT2D eigenvalue weighted by Gasteiger charge is 2.50. The van der Waals surface area contributed by atoms with Gasteiger partial charge < -0.3 is 24.0 Å². The lowest BCUT2D eigenvalue weighted by Gasteiger charge is -2.51. The van der Waals surface area contributed by atoms with Crippen molar-refractivity contribution in [3.63, 3.8) is 0 Å². The summed E-state index contributed by atoms with van der Waals surface area (Å²) in [5.74, 6) is -1.21. The zero-order valence-electron chi connectivity index (χ0n) is 20.8. The topological polar surface area (TPSA) is 132 Å². The van der Waals surface area contributed by atoms with E-state index in [9.17, 15) is 23.9 Å². The summed E-state index contributed by atoms with van der Waals surface area (Å²) < 4.78 is 28.1. The van der Waals surface area contributed by atoms with E-state index in [-0.39, 0.29) is 18.9 Å². The molecule has 1 amide bonds. The number of benzene rings is 1. The summed E-state index contributed by atoms with van der Waals surface area (Å²) in [6.07, 6.45) is 3.75. The summed E-state index contributed by atoms with van der Waals surface area (Å²) in [4.78, 5) is 45.0. The lowest BCUT2D eigenvalue weighted by Crippen LogP contribution is -2.59. The number of aliphatic hydroxyl groups is 1. The molecule has 2 aromatic heterocycles. The molecule has 0 aliphatic carbocycles. The number of carbonyl (C=O) groups is 1. The number of imidazole rings is 1. The normalized spacial score (nSPS) is 23.6. The van der Waals surface area contributed by atoms with Gasteiger partial charge in [0.1, 0.15) is 0 Å². The van der Waals surface area contributed by atoms with Gasteiger partial charge in [-0.25, -0.2) is 9.78 Å².